The van der Waals surface area contributed by atoms with E-state index in [1.807, 2.05) is 36.4 Å². The molecule has 0 atom stereocenters. The highest BCUT2D eigenvalue weighted by Crippen LogP contribution is 2.38. The van der Waals surface area contributed by atoms with Gasteiger partial charge in [-0.25, -0.2) is 0 Å². The van der Waals surface area contributed by atoms with Gasteiger partial charge in [-0.15, -0.1) is 0 Å². The number of methoxy groups -OCH3 is 3. The number of nitriles is 1. The lowest BCUT2D eigenvalue weighted by Crippen LogP contribution is -1.99. The highest BCUT2D eigenvalue weighted by Gasteiger charge is 2.14. The number of hydrogen-bond acceptors (Lipinski definition) is 5. The van der Waals surface area contributed by atoms with E-state index in [1.165, 1.54) is 0 Å². The zero-order valence-electron chi connectivity index (χ0n) is 16.2. The van der Waals surface area contributed by atoms with Gasteiger partial charge in [-0.1, -0.05) is 36.4 Å². The average Bonchev–Trinajstić information content (AvgIpc) is 2.75. The summed E-state index contributed by atoms with van der Waals surface area (Å²) in [6, 6.07) is 20.1. The highest BCUT2D eigenvalue weighted by atomic mass is 16.5. The third kappa shape index (κ3) is 4.02. The molecule has 28 heavy (non-hydrogen) atoms. The van der Waals surface area contributed by atoms with Crippen molar-refractivity contribution in [3.05, 3.63) is 71.9 Å². The number of fused-ring (bicyclic) bond motifs is 1. The largest absolute Gasteiger partial charge is 0.493 e. The van der Waals surface area contributed by atoms with Crippen LogP contribution in [0.1, 0.15) is 5.56 Å². The molecule has 3 rings (SSSR count). The van der Waals surface area contributed by atoms with Gasteiger partial charge in [0.25, 0.3) is 0 Å². The van der Waals surface area contributed by atoms with E-state index in [-0.39, 0.29) is 0 Å². The Hall–Kier alpha value is -3.65. The fourth-order valence-corrected chi connectivity index (χ4v) is 3.10. The van der Waals surface area contributed by atoms with Crippen LogP contribution in [0.2, 0.25) is 0 Å². The van der Waals surface area contributed by atoms with Crippen LogP contribution in [-0.4, -0.2) is 21.3 Å². The SMILES string of the molecule is COc1cc(CC(C#N)=CNc2cccc3ccccc23)cc(OC)c1OC. The van der Waals surface area contributed by atoms with Crippen LogP contribution in [0.5, 0.6) is 17.2 Å². The van der Waals surface area contributed by atoms with Crippen LogP contribution in [-0.2, 0) is 6.42 Å². The van der Waals surface area contributed by atoms with Gasteiger partial charge in [0.15, 0.2) is 11.5 Å². The molecular weight excluding hydrogens is 352 g/mol. The van der Waals surface area contributed by atoms with Gasteiger partial charge in [0.05, 0.1) is 27.4 Å². The molecule has 0 aromatic heterocycles. The predicted octanol–water partition coefficient (Wildman–Crippen LogP) is 4.93. The molecule has 3 aromatic rings. The minimum Gasteiger partial charge on any atom is -0.493 e. The molecule has 0 aliphatic rings. The van der Waals surface area contributed by atoms with E-state index >= 15 is 0 Å². The van der Waals surface area contributed by atoms with Crippen molar-refractivity contribution in [1.29, 1.82) is 5.26 Å². The maximum absolute atomic E-state index is 9.59. The molecule has 5 heteroatoms. The molecule has 0 radical (unpaired) electrons. The van der Waals surface area contributed by atoms with Gasteiger partial charge in [0, 0.05) is 29.3 Å². The zero-order valence-corrected chi connectivity index (χ0v) is 16.2. The van der Waals surface area contributed by atoms with Gasteiger partial charge in [0.2, 0.25) is 5.75 Å². The van der Waals surface area contributed by atoms with E-state index < -0.39 is 0 Å². The van der Waals surface area contributed by atoms with Crippen molar-refractivity contribution in [3.8, 4) is 23.3 Å². The maximum atomic E-state index is 9.59. The highest BCUT2D eigenvalue weighted by molar-refractivity contribution is 5.94. The lowest BCUT2D eigenvalue weighted by molar-refractivity contribution is 0.324. The summed E-state index contributed by atoms with van der Waals surface area (Å²) < 4.78 is 16.1. The fraction of sp³-hybridized carbons (Fsp3) is 0.174. The lowest BCUT2D eigenvalue weighted by atomic mass is 10.0. The van der Waals surface area contributed by atoms with Gasteiger partial charge in [-0.3, -0.25) is 0 Å². The summed E-state index contributed by atoms with van der Waals surface area (Å²) in [5.41, 5.74) is 2.43. The van der Waals surface area contributed by atoms with Gasteiger partial charge < -0.3 is 19.5 Å². The molecule has 0 spiro atoms. The first-order valence-corrected chi connectivity index (χ1v) is 8.82. The van der Waals surface area contributed by atoms with E-state index in [0.717, 1.165) is 22.0 Å². The molecule has 0 saturated heterocycles. The smallest absolute Gasteiger partial charge is 0.203 e. The number of benzene rings is 3. The summed E-state index contributed by atoms with van der Waals surface area (Å²) in [6.45, 7) is 0. The molecule has 0 heterocycles. The Labute approximate surface area is 164 Å². The Morgan fingerprint density at radius 1 is 0.964 bits per heavy atom. The number of ether oxygens (including phenoxy) is 3. The first kappa shape index (κ1) is 19.1. The molecule has 5 nitrogen and oxygen atoms in total. The molecule has 142 valence electrons. The van der Waals surface area contributed by atoms with Crippen LogP contribution < -0.4 is 19.5 Å². The third-order valence-electron chi connectivity index (χ3n) is 4.45. The Morgan fingerprint density at radius 2 is 1.64 bits per heavy atom. The van der Waals surface area contributed by atoms with Crippen molar-refractivity contribution in [1.82, 2.24) is 0 Å². The van der Waals surface area contributed by atoms with Gasteiger partial charge in [0.1, 0.15) is 0 Å². The van der Waals surface area contributed by atoms with Crippen molar-refractivity contribution in [2.45, 2.75) is 6.42 Å². The zero-order chi connectivity index (χ0) is 19.9. The third-order valence-corrected chi connectivity index (χ3v) is 4.45. The number of hydrogen-bond donors (Lipinski definition) is 1. The molecular formula is C23H22N2O3. The average molecular weight is 374 g/mol. The number of allylic oxidation sites excluding steroid dienone is 1. The Kier molecular flexibility index (Phi) is 6.03. The monoisotopic (exact) mass is 374 g/mol. The van der Waals surface area contributed by atoms with E-state index in [9.17, 15) is 5.26 Å². The summed E-state index contributed by atoms with van der Waals surface area (Å²) in [5.74, 6) is 1.66. The Bertz CT molecular complexity index is 1020. The second-order valence-electron chi connectivity index (χ2n) is 6.16. The first-order valence-electron chi connectivity index (χ1n) is 8.82. The summed E-state index contributed by atoms with van der Waals surface area (Å²) >= 11 is 0. The van der Waals surface area contributed by atoms with Crippen LogP contribution in [0.25, 0.3) is 10.8 Å². The molecule has 0 bridgehead atoms. The van der Waals surface area contributed by atoms with E-state index in [2.05, 4.69) is 29.6 Å². The number of nitrogens with one attached hydrogen (secondary N) is 1. The fourth-order valence-electron chi connectivity index (χ4n) is 3.10. The second-order valence-corrected chi connectivity index (χ2v) is 6.16. The van der Waals surface area contributed by atoms with Crippen molar-refractivity contribution in [2.24, 2.45) is 0 Å². The lowest BCUT2D eigenvalue weighted by Gasteiger charge is -2.14. The van der Waals surface area contributed by atoms with Gasteiger partial charge >= 0.3 is 0 Å². The van der Waals surface area contributed by atoms with Crippen LogP contribution >= 0.6 is 0 Å². The van der Waals surface area contributed by atoms with E-state index in [1.54, 1.807) is 27.5 Å². The first-order chi connectivity index (χ1) is 13.7. The second kappa shape index (κ2) is 8.83. The molecule has 0 unspecified atom stereocenters. The molecule has 0 aliphatic heterocycles. The summed E-state index contributed by atoms with van der Waals surface area (Å²) in [6.07, 6.45) is 2.18. The summed E-state index contributed by atoms with van der Waals surface area (Å²) in [4.78, 5) is 0. The van der Waals surface area contributed by atoms with Crippen molar-refractivity contribution in [2.75, 3.05) is 26.6 Å². The molecule has 1 N–H and O–H groups in total. The molecule has 0 amide bonds. The minimum absolute atomic E-state index is 0.435. The quantitative estimate of drug-likeness (QED) is 0.594. The minimum atomic E-state index is 0.435. The van der Waals surface area contributed by atoms with Crippen LogP contribution in [0.3, 0.4) is 0 Å². The van der Waals surface area contributed by atoms with Crippen molar-refractivity contribution >= 4 is 16.5 Å². The molecule has 0 saturated carbocycles. The van der Waals surface area contributed by atoms with Crippen molar-refractivity contribution in [3.63, 3.8) is 0 Å². The van der Waals surface area contributed by atoms with E-state index in [0.29, 0.717) is 29.2 Å². The number of anilines is 1. The molecule has 0 fully saturated rings. The normalized spacial score (nSPS) is 11.0. The maximum Gasteiger partial charge on any atom is 0.203 e. The Morgan fingerprint density at radius 3 is 2.29 bits per heavy atom. The summed E-state index contributed by atoms with van der Waals surface area (Å²) in [5, 5.41) is 15.1. The molecule has 3 aromatic carbocycles. The summed E-state index contributed by atoms with van der Waals surface area (Å²) in [7, 11) is 4.71. The predicted molar refractivity (Wildman–Crippen MR) is 111 cm³/mol. The van der Waals surface area contributed by atoms with Crippen LogP contribution in [0, 0.1) is 11.3 Å². The number of rotatable bonds is 7. The van der Waals surface area contributed by atoms with Crippen LogP contribution in [0.15, 0.2) is 66.4 Å². The Balaban J connectivity index is 1.87. The van der Waals surface area contributed by atoms with Crippen molar-refractivity contribution < 1.29 is 14.2 Å². The van der Waals surface area contributed by atoms with Crippen LogP contribution in [0.4, 0.5) is 5.69 Å². The standard InChI is InChI=1S/C23H22N2O3/c1-26-21-12-16(13-22(27-2)23(21)28-3)11-17(14-24)15-25-20-10-6-8-18-7-4-5-9-19(18)20/h4-10,12-13,15,25H,11H2,1-3H3. The van der Waals surface area contributed by atoms with E-state index in [4.69, 9.17) is 14.2 Å². The topological polar surface area (TPSA) is 63.5 Å². The van der Waals surface area contributed by atoms with Gasteiger partial charge in [-0.2, -0.15) is 5.26 Å². The van der Waals surface area contributed by atoms with Gasteiger partial charge in [-0.05, 0) is 29.1 Å². The molecule has 0 aliphatic carbocycles. The number of nitrogens with zero attached hydrogens (tertiary/aromatic N) is 1.